The molecule has 2 aromatic carbocycles. The van der Waals surface area contributed by atoms with Gasteiger partial charge in [0.25, 0.3) is 5.91 Å². The van der Waals surface area contributed by atoms with Gasteiger partial charge in [-0.05, 0) is 50.1 Å². The molecule has 2 atom stereocenters. The van der Waals surface area contributed by atoms with Gasteiger partial charge in [-0.3, -0.25) is 4.79 Å². The molecule has 132 valence electrons. The van der Waals surface area contributed by atoms with E-state index in [9.17, 15) is 4.79 Å². The number of carbonyl (C=O) groups excluding carboxylic acids is 1. The third-order valence-electron chi connectivity index (χ3n) is 4.26. The molecular formula is C20H24N2O3. The van der Waals surface area contributed by atoms with E-state index >= 15 is 0 Å². The molecule has 0 saturated heterocycles. The number of rotatable bonds is 6. The van der Waals surface area contributed by atoms with Crippen molar-refractivity contribution in [2.45, 2.75) is 32.4 Å². The van der Waals surface area contributed by atoms with Crippen LogP contribution < -0.4 is 20.1 Å². The molecule has 0 aliphatic carbocycles. The number of ether oxygens (including phenoxy) is 2. The lowest BCUT2D eigenvalue weighted by Crippen LogP contribution is -2.45. The van der Waals surface area contributed by atoms with Gasteiger partial charge in [0.2, 0.25) is 0 Å². The van der Waals surface area contributed by atoms with E-state index in [2.05, 4.69) is 0 Å². The first kappa shape index (κ1) is 17.3. The quantitative estimate of drug-likeness (QED) is 0.820. The summed E-state index contributed by atoms with van der Waals surface area (Å²) < 4.78 is 11.4. The predicted molar refractivity (Wildman–Crippen MR) is 98.0 cm³/mol. The van der Waals surface area contributed by atoms with Crippen LogP contribution in [0.2, 0.25) is 0 Å². The van der Waals surface area contributed by atoms with E-state index in [1.165, 1.54) is 0 Å². The zero-order chi connectivity index (χ0) is 17.8. The molecule has 1 aliphatic heterocycles. The lowest BCUT2D eigenvalue weighted by atomic mass is 10.1. The van der Waals surface area contributed by atoms with Crippen molar-refractivity contribution in [3.05, 3.63) is 54.1 Å². The van der Waals surface area contributed by atoms with Gasteiger partial charge in [0.1, 0.15) is 11.5 Å². The van der Waals surface area contributed by atoms with Gasteiger partial charge >= 0.3 is 0 Å². The van der Waals surface area contributed by atoms with Crippen LogP contribution in [0.25, 0.3) is 0 Å². The second-order valence-electron chi connectivity index (χ2n) is 6.28. The smallest absolute Gasteiger partial charge is 0.267 e. The van der Waals surface area contributed by atoms with Crippen molar-refractivity contribution in [2.75, 3.05) is 18.1 Å². The number of nitrogens with zero attached hydrogens (tertiary/aromatic N) is 1. The summed E-state index contributed by atoms with van der Waals surface area (Å²) in [6.07, 6.45) is 0.249. The zero-order valence-corrected chi connectivity index (χ0v) is 14.6. The van der Waals surface area contributed by atoms with Gasteiger partial charge in [0.05, 0.1) is 12.3 Å². The van der Waals surface area contributed by atoms with Gasteiger partial charge in [0.15, 0.2) is 6.10 Å². The Morgan fingerprint density at radius 2 is 2.00 bits per heavy atom. The third-order valence-corrected chi connectivity index (χ3v) is 4.26. The highest BCUT2D eigenvalue weighted by Gasteiger charge is 2.31. The Morgan fingerprint density at radius 1 is 1.24 bits per heavy atom. The molecule has 0 saturated carbocycles. The Morgan fingerprint density at radius 3 is 2.72 bits per heavy atom. The highest BCUT2D eigenvalue weighted by molar-refractivity contribution is 5.99. The van der Waals surface area contributed by atoms with E-state index < -0.39 is 6.10 Å². The minimum Gasteiger partial charge on any atom is -0.494 e. The highest BCUT2D eigenvalue weighted by atomic mass is 16.5. The summed E-state index contributed by atoms with van der Waals surface area (Å²) in [6, 6.07) is 15.4. The summed E-state index contributed by atoms with van der Waals surface area (Å²) >= 11 is 0. The van der Waals surface area contributed by atoms with Crippen molar-refractivity contribution in [3.8, 4) is 11.5 Å². The molecule has 3 rings (SSSR count). The Balaban J connectivity index is 1.69. The van der Waals surface area contributed by atoms with E-state index in [0.29, 0.717) is 13.2 Å². The summed E-state index contributed by atoms with van der Waals surface area (Å²) in [5, 5.41) is 0. The molecule has 2 unspecified atom stereocenters. The number of nitrogens with two attached hydrogens (primary N) is 1. The van der Waals surface area contributed by atoms with E-state index in [0.717, 1.165) is 29.2 Å². The molecule has 1 amide bonds. The van der Waals surface area contributed by atoms with E-state index in [1.807, 2.05) is 55.5 Å². The van der Waals surface area contributed by atoms with E-state index in [4.69, 9.17) is 15.2 Å². The van der Waals surface area contributed by atoms with Gasteiger partial charge in [-0.2, -0.15) is 0 Å². The molecule has 0 radical (unpaired) electrons. The average molecular weight is 340 g/mol. The zero-order valence-electron chi connectivity index (χ0n) is 14.6. The number of hydrogen-bond acceptors (Lipinski definition) is 4. The second-order valence-corrected chi connectivity index (χ2v) is 6.28. The molecule has 2 aromatic rings. The van der Waals surface area contributed by atoms with Crippen molar-refractivity contribution >= 4 is 11.6 Å². The van der Waals surface area contributed by atoms with Crippen molar-refractivity contribution in [2.24, 2.45) is 5.73 Å². The van der Waals surface area contributed by atoms with Crippen LogP contribution in [-0.2, 0) is 4.79 Å². The molecular weight excluding hydrogens is 316 g/mol. The Kier molecular flexibility index (Phi) is 5.24. The molecule has 5 nitrogen and oxygen atoms in total. The monoisotopic (exact) mass is 340 g/mol. The number of fused-ring (bicyclic) bond motifs is 1. The van der Waals surface area contributed by atoms with Crippen LogP contribution in [0.5, 0.6) is 11.5 Å². The molecule has 25 heavy (non-hydrogen) atoms. The molecule has 0 fully saturated rings. The normalized spacial score (nSPS) is 17.6. The lowest BCUT2D eigenvalue weighted by Gasteiger charge is -2.33. The number of para-hydroxylation sites is 1. The van der Waals surface area contributed by atoms with Crippen LogP contribution in [0, 0.1) is 0 Å². The molecule has 1 heterocycles. The summed E-state index contributed by atoms with van der Waals surface area (Å²) in [4.78, 5) is 14.3. The van der Waals surface area contributed by atoms with Crippen LogP contribution in [0.1, 0.15) is 31.9 Å². The minimum atomic E-state index is -0.483. The van der Waals surface area contributed by atoms with Crippen molar-refractivity contribution < 1.29 is 14.3 Å². The first-order valence-corrected chi connectivity index (χ1v) is 8.61. The Labute approximate surface area is 148 Å². The molecule has 0 bridgehead atoms. The SMILES string of the molecule is CC1Oc2ccc(C(C)N)cc2N(CCCOc2ccccc2)C1=O. The molecule has 0 aromatic heterocycles. The maximum Gasteiger partial charge on any atom is 0.267 e. The van der Waals surface area contributed by atoms with E-state index in [-0.39, 0.29) is 11.9 Å². The van der Waals surface area contributed by atoms with Crippen LogP contribution >= 0.6 is 0 Å². The third kappa shape index (κ3) is 3.94. The van der Waals surface area contributed by atoms with Crippen molar-refractivity contribution in [1.82, 2.24) is 0 Å². The number of benzene rings is 2. The fourth-order valence-electron chi connectivity index (χ4n) is 2.87. The van der Waals surface area contributed by atoms with Gasteiger partial charge in [0, 0.05) is 12.6 Å². The molecule has 0 spiro atoms. The fourth-order valence-corrected chi connectivity index (χ4v) is 2.87. The van der Waals surface area contributed by atoms with Crippen molar-refractivity contribution in [1.29, 1.82) is 0 Å². The summed E-state index contributed by atoms with van der Waals surface area (Å²) in [5.74, 6) is 1.53. The Hall–Kier alpha value is -2.53. The maximum atomic E-state index is 12.6. The minimum absolute atomic E-state index is 0.0333. The van der Waals surface area contributed by atoms with Gasteiger partial charge < -0.3 is 20.1 Å². The van der Waals surface area contributed by atoms with Crippen LogP contribution in [0.15, 0.2) is 48.5 Å². The highest BCUT2D eigenvalue weighted by Crippen LogP contribution is 2.36. The summed E-state index contributed by atoms with van der Waals surface area (Å²) in [6.45, 7) is 4.83. The lowest BCUT2D eigenvalue weighted by molar-refractivity contribution is -0.125. The first-order valence-electron chi connectivity index (χ1n) is 8.61. The molecule has 2 N–H and O–H groups in total. The van der Waals surface area contributed by atoms with Crippen LogP contribution in [-0.4, -0.2) is 25.2 Å². The first-order chi connectivity index (χ1) is 12.1. The number of hydrogen-bond donors (Lipinski definition) is 1. The molecule has 1 aliphatic rings. The number of anilines is 1. The topological polar surface area (TPSA) is 64.8 Å². The Bertz CT molecular complexity index is 731. The van der Waals surface area contributed by atoms with Crippen molar-refractivity contribution in [3.63, 3.8) is 0 Å². The number of amides is 1. The van der Waals surface area contributed by atoms with Gasteiger partial charge in [-0.15, -0.1) is 0 Å². The van der Waals surface area contributed by atoms with Gasteiger partial charge in [-0.1, -0.05) is 24.3 Å². The second kappa shape index (κ2) is 7.57. The van der Waals surface area contributed by atoms with Crippen LogP contribution in [0.4, 0.5) is 5.69 Å². The largest absolute Gasteiger partial charge is 0.494 e. The summed E-state index contributed by atoms with van der Waals surface area (Å²) in [7, 11) is 0. The van der Waals surface area contributed by atoms with E-state index in [1.54, 1.807) is 11.8 Å². The maximum absolute atomic E-state index is 12.6. The summed E-state index contributed by atoms with van der Waals surface area (Å²) in [5.41, 5.74) is 7.75. The molecule has 5 heteroatoms. The standard InChI is InChI=1S/C20H24N2O3/c1-14(21)16-9-10-19-18(13-16)22(20(23)15(2)25-19)11-6-12-24-17-7-4-3-5-8-17/h3-5,7-10,13-15H,6,11-12,21H2,1-2H3. The van der Waals surface area contributed by atoms with Gasteiger partial charge in [-0.25, -0.2) is 0 Å². The number of carbonyl (C=O) groups is 1. The fraction of sp³-hybridized carbons (Fsp3) is 0.350. The predicted octanol–water partition coefficient (Wildman–Crippen LogP) is 3.29. The van der Waals surface area contributed by atoms with Crippen LogP contribution in [0.3, 0.4) is 0 Å². The average Bonchev–Trinajstić information content (AvgIpc) is 2.62.